The molecule has 110 valence electrons. The molecule has 1 nitrogen and oxygen atoms in total. The maximum absolute atomic E-state index is 13.0. The van der Waals surface area contributed by atoms with Crippen LogP contribution >= 0.6 is 11.8 Å². The number of alkyl halides is 3. The fraction of sp³-hybridized carbons (Fsp3) is 0.118. The second-order valence-corrected chi connectivity index (χ2v) is 6.25. The molecule has 2 aromatic rings. The molecule has 0 fully saturated rings. The van der Waals surface area contributed by atoms with E-state index in [4.69, 9.17) is 0 Å². The second-order valence-electron chi connectivity index (χ2n) is 5.17. The molecule has 0 radical (unpaired) electrons. The van der Waals surface area contributed by atoms with Gasteiger partial charge in [0.15, 0.2) is 0 Å². The second kappa shape index (κ2) is 4.74. The molecule has 2 heterocycles. The summed E-state index contributed by atoms with van der Waals surface area (Å²) in [5, 5.41) is 0. The molecule has 5 heteroatoms. The van der Waals surface area contributed by atoms with Crippen LogP contribution in [-0.4, -0.2) is 12.8 Å². The average Bonchev–Trinajstić information content (AvgIpc) is 2.92. The molecule has 0 aromatic heterocycles. The summed E-state index contributed by atoms with van der Waals surface area (Å²) >= 11 is 1.51. The van der Waals surface area contributed by atoms with E-state index in [1.54, 1.807) is 12.3 Å². The largest absolute Gasteiger partial charge is 0.416 e. The number of aliphatic imine (C=N–C) groups is 1. The van der Waals surface area contributed by atoms with E-state index in [0.29, 0.717) is 12.1 Å². The first-order valence-electron chi connectivity index (χ1n) is 6.76. The highest BCUT2D eigenvalue weighted by Crippen LogP contribution is 2.46. The third-order valence-electron chi connectivity index (χ3n) is 3.82. The molecule has 4 rings (SSSR count). The Hall–Kier alpha value is -2.01. The first kappa shape index (κ1) is 13.6. The average molecular weight is 317 g/mol. The minimum atomic E-state index is -4.34. The Bertz CT molecular complexity index is 834. The molecule has 2 aliphatic heterocycles. The van der Waals surface area contributed by atoms with Crippen molar-refractivity contribution in [3.8, 4) is 0 Å². The van der Waals surface area contributed by atoms with Gasteiger partial charge in [-0.05, 0) is 41.0 Å². The van der Waals surface area contributed by atoms with Crippen LogP contribution < -0.4 is 0 Å². The third-order valence-corrected chi connectivity index (χ3v) is 4.98. The van der Waals surface area contributed by atoms with E-state index in [-0.39, 0.29) is 0 Å². The highest BCUT2D eigenvalue weighted by molar-refractivity contribution is 7.99. The molecule has 2 aliphatic rings. The normalized spacial score (nSPS) is 16.1. The molecule has 0 unspecified atom stereocenters. The van der Waals surface area contributed by atoms with E-state index in [1.807, 2.05) is 24.3 Å². The van der Waals surface area contributed by atoms with Crippen molar-refractivity contribution >= 4 is 29.1 Å². The monoisotopic (exact) mass is 317 g/mol. The summed E-state index contributed by atoms with van der Waals surface area (Å²) in [5.74, 6) is 0. The molecule has 0 atom stereocenters. The number of allylic oxidation sites excluding steroid dienone is 1. The number of rotatable bonds is 0. The lowest BCUT2D eigenvalue weighted by atomic mass is 9.96. The van der Waals surface area contributed by atoms with Crippen LogP contribution in [0.3, 0.4) is 0 Å². The Morgan fingerprint density at radius 3 is 2.55 bits per heavy atom. The number of benzene rings is 2. The van der Waals surface area contributed by atoms with Gasteiger partial charge >= 0.3 is 6.18 Å². The lowest BCUT2D eigenvalue weighted by molar-refractivity contribution is -0.137. The van der Waals surface area contributed by atoms with Gasteiger partial charge in [-0.15, -0.1) is 0 Å². The van der Waals surface area contributed by atoms with Crippen molar-refractivity contribution in [2.24, 2.45) is 4.99 Å². The first-order valence-corrected chi connectivity index (χ1v) is 7.57. The molecule has 0 saturated carbocycles. The maximum atomic E-state index is 13.0. The first-order chi connectivity index (χ1) is 10.5. The van der Waals surface area contributed by atoms with Crippen molar-refractivity contribution in [1.82, 2.24) is 0 Å². The van der Waals surface area contributed by atoms with Crippen molar-refractivity contribution in [3.63, 3.8) is 0 Å². The number of hydrogen-bond acceptors (Lipinski definition) is 2. The Labute approximate surface area is 129 Å². The quantitative estimate of drug-likeness (QED) is 0.653. The Kier molecular flexibility index (Phi) is 2.94. The van der Waals surface area contributed by atoms with Gasteiger partial charge in [0.05, 0.1) is 12.1 Å². The Morgan fingerprint density at radius 1 is 0.955 bits per heavy atom. The van der Waals surface area contributed by atoms with Gasteiger partial charge in [0.1, 0.15) is 0 Å². The van der Waals surface area contributed by atoms with Crippen molar-refractivity contribution < 1.29 is 13.2 Å². The standard InChI is InChI=1S/C17H10F3NS/c18-17(19,20)10-5-6-16-12(7-10)14-9-21-8-13(14)11-3-1-2-4-15(11)22-16/h1-7,9H,8H2. The van der Waals surface area contributed by atoms with Gasteiger partial charge in [-0.3, -0.25) is 4.99 Å². The van der Waals surface area contributed by atoms with Crippen molar-refractivity contribution in [1.29, 1.82) is 0 Å². The molecule has 0 spiro atoms. The Morgan fingerprint density at radius 2 is 1.73 bits per heavy atom. The van der Waals surface area contributed by atoms with Crippen molar-refractivity contribution in [2.75, 3.05) is 6.54 Å². The van der Waals surface area contributed by atoms with E-state index >= 15 is 0 Å². The fourth-order valence-electron chi connectivity index (χ4n) is 2.78. The van der Waals surface area contributed by atoms with Crippen LogP contribution in [0.4, 0.5) is 13.2 Å². The predicted molar refractivity (Wildman–Crippen MR) is 82.2 cm³/mol. The molecule has 2 aromatic carbocycles. The van der Waals surface area contributed by atoms with Gasteiger partial charge in [-0.25, -0.2) is 0 Å². The minimum absolute atomic E-state index is 0.516. The number of halogens is 3. The molecule has 0 saturated heterocycles. The van der Waals surface area contributed by atoms with Crippen molar-refractivity contribution in [3.05, 3.63) is 59.2 Å². The van der Waals surface area contributed by atoms with Crippen LogP contribution in [0, 0.1) is 0 Å². The van der Waals surface area contributed by atoms with Gasteiger partial charge in [-0.1, -0.05) is 30.0 Å². The van der Waals surface area contributed by atoms with Crippen molar-refractivity contribution in [2.45, 2.75) is 16.0 Å². The summed E-state index contributed by atoms with van der Waals surface area (Å²) in [4.78, 5) is 6.16. The van der Waals surface area contributed by atoms with E-state index < -0.39 is 11.7 Å². The lowest BCUT2D eigenvalue weighted by Crippen LogP contribution is -2.05. The van der Waals surface area contributed by atoms with Crippen LogP contribution in [0.1, 0.15) is 16.7 Å². The van der Waals surface area contributed by atoms with Gasteiger partial charge < -0.3 is 0 Å². The molecular weight excluding hydrogens is 307 g/mol. The van der Waals surface area contributed by atoms with Crippen LogP contribution in [0.25, 0.3) is 11.1 Å². The predicted octanol–water partition coefficient (Wildman–Crippen LogP) is 5.17. The SMILES string of the molecule is FC(F)(F)c1ccc2c(c1)C1=C(CN=C1)c1ccccc1S2. The van der Waals surface area contributed by atoms with Crippen LogP contribution in [0.2, 0.25) is 0 Å². The number of hydrogen-bond donors (Lipinski definition) is 0. The van der Waals surface area contributed by atoms with Gasteiger partial charge in [0, 0.05) is 21.6 Å². The Balaban J connectivity index is 1.98. The third kappa shape index (κ3) is 2.08. The number of nitrogens with zero attached hydrogens (tertiary/aromatic N) is 1. The van der Waals surface area contributed by atoms with E-state index in [1.165, 1.54) is 17.8 Å². The fourth-order valence-corrected chi connectivity index (χ4v) is 3.88. The molecule has 0 aliphatic carbocycles. The number of fused-ring (bicyclic) bond motifs is 4. The molecule has 22 heavy (non-hydrogen) atoms. The lowest BCUT2D eigenvalue weighted by Gasteiger charge is -2.12. The zero-order valence-electron chi connectivity index (χ0n) is 11.3. The highest BCUT2D eigenvalue weighted by Gasteiger charge is 2.32. The summed E-state index contributed by atoms with van der Waals surface area (Å²) in [6, 6.07) is 11.8. The maximum Gasteiger partial charge on any atom is 0.416 e. The summed E-state index contributed by atoms with van der Waals surface area (Å²) in [6.07, 6.45) is -2.65. The summed E-state index contributed by atoms with van der Waals surface area (Å²) in [5.41, 5.74) is 2.86. The summed E-state index contributed by atoms with van der Waals surface area (Å²) in [6.45, 7) is 0.516. The topological polar surface area (TPSA) is 12.4 Å². The smallest absolute Gasteiger partial charge is 0.288 e. The van der Waals surface area contributed by atoms with Gasteiger partial charge in [0.25, 0.3) is 0 Å². The minimum Gasteiger partial charge on any atom is -0.288 e. The van der Waals surface area contributed by atoms with Gasteiger partial charge in [-0.2, -0.15) is 13.2 Å². The van der Waals surface area contributed by atoms with Crippen LogP contribution in [0.15, 0.2) is 57.2 Å². The summed E-state index contributed by atoms with van der Waals surface area (Å²) < 4.78 is 39.0. The zero-order chi connectivity index (χ0) is 15.3. The van der Waals surface area contributed by atoms with E-state index in [0.717, 1.165) is 32.6 Å². The van der Waals surface area contributed by atoms with E-state index in [2.05, 4.69) is 4.99 Å². The molecular formula is C17H10F3NS. The highest BCUT2D eigenvalue weighted by atomic mass is 32.2. The van der Waals surface area contributed by atoms with Gasteiger partial charge in [0.2, 0.25) is 0 Å². The van der Waals surface area contributed by atoms with E-state index in [9.17, 15) is 13.2 Å². The molecule has 0 bridgehead atoms. The molecule has 0 N–H and O–H groups in total. The van der Waals surface area contributed by atoms with Crippen LogP contribution in [-0.2, 0) is 6.18 Å². The summed E-state index contributed by atoms with van der Waals surface area (Å²) in [7, 11) is 0. The molecule has 0 amide bonds. The zero-order valence-corrected chi connectivity index (χ0v) is 12.1. The van der Waals surface area contributed by atoms with Crippen LogP contribution in [0.5, 0.6) is 0 Å².